The molecule has 0 spiro atoms. The van der Waals surface area contributed by atoms with E-state index in [-0.39, 0.29) is 36.1 Å². The Balaban J connectivity index is 1.19. The summed E-state index contributed by atoms with van der Waals surface area (Å²) in [4.78, 5) is 55.3. The molecule has 0 N–H and O–H groups in total. The van der Waals surface area contributed by atoms with Crippen molar-refractivity contribution in [2.75, 3.05) is 26.2 Å². The van der Waals surface area contributed by atoms with Crippen LogP contribution in [0, 0.1) is 5.92 Å². The second kappa shape index (κ2) is 8.22. The number of carbonyl (C=O) groups excluding carboxylic acids is 4. The van der Waals surface area contributed by atoms with Crippen molar-refractivity contribution >= 4 is 23.6 Å². The highest BCUT2D eigenvalue weighted by atomic mass is 16.2. The molecule has 1 saturated heterocycles. The maximum Gasteiger partial charge on any atom is 0.261 e. The van der Waals surface area contributed by atoms with Crippen molar-refractivity contribution in [2.24, 2.45) is 5.92 Å². The zero-order valence-electron chi connectivity index (χ0n) is 17.8. The van der Waals surface area contributed by atoms with E-state index in [1.165, 1.54) is 4.90 Å². The second-order valence-electron chi connectivity index (χ2n) is 8.68. The van der Waals surface area contributed by atoms with E-state index in [1.807, 2.05) is 4.90 Å². The van der Waals surface area contributed by atoms with Crippen LogP contribution in [0.4, 0.5) is 0 Å². The zero-order chi connectivity index (χ0) is 22.2. The van der Waals surface area contributed by atoms with Crippen molar-refractivity contribution in [1.29, 1.82) is 0 Å². The summed E-state index contributed by atoms with van der Waals surface area (Å²) in [6, 6.07) is 13.9. The van der Waals surface area contributed by atoms with Gasteiger partial charge in [-0.25, -0.2) is 0 Å². The van der Waals surface area contributed by atoms with Crippen LogP contribution in [0.15, 0.2) is 48.5 Å². The molecule has 2 aromatic rings. The van der Waals surface area contributed by atoms with E-state index in [2.05, 4.69) is 0 Å². The molecule has 0 atom stereocenters. The monoisotopic (exact) mass is 431 g/mol. The molecule has 0 radical (unpaired) electrons. The fraction of sp³-hybridized carbons (Fsp3) is 0.360. The van der Waals surface area contributed by atoms with Crippen LogP contribution in [0.1, 0.15) is 55.9 Å². The highest BCUT2D eigenvalue weighted by Crippen LogP contribution is 2.29. The van der Waals surface area contributed by atoms with E-state index in [9.17, 15) is 19.2 Å². The van der Waals surface area contributed by atoms with Crippen molar-refractivity contribution in [3.8, 4) is 0 Å². The Hall–Kier alpha value is -3.48. The van der Waals surface area contributed by atoms with Gasteiger partial charge in [0.1, 0.15) is 0 Å². The quantitative estimate of drug-likeness (QED) is 0.697. The Kier molecular flexibility index (Phi) is 5.25. The van der Waals surface area contributed by atoms with E-state index in [4.69, 9.17) is 0 Å². The molecular formula is C25H25N3O4. The first kappa shape index (κ1) is 20.4. The summed E-state index contributed by atoms with van der Waals surface area (Å²) in [6.07, 6.45) is 3.12. The number of amides is 4. The van der Waals surface area contributed by atoms with Crippen molar-refractivity contribution in [3.63, 3.8) is 0 Å². The first-order valence-electron chi connectivity index (χ1n) is 11.1. The smallest absolute Gasteiger partial charge is 0.261 e. The van der Waals surface area contributed by atoms with Gasteiger partial charge in [-0.15, -0.1) is 0 Å². The molecule has 7 heteroatoms. The molecule has 0 aromatic heterocycles. The summed E-state index contributed by atoms with van der Waals surface area (Å²) in [6.45, 7) is 2.41. The number of piperazine rings is 1. The molecule has 1 saturated carbocycles. The van der Waals surface area contributed by atoms with Crippen LogP contribution >= 0.6 is 0 Å². The summed E-state index contributed by atoms with van der Waals surface area (Å²) in [5.41, 5.74) is 2.21. The van der Waals surface area contributed by atoms with Crippen LogP contribution in [0.5, 0.6) is 0 Å². The highest BCUT2D eigenvalue weighted by Gasteiger charge is 2.35. The van der Waals surface area contributed by atoms with E-state index in [0.29, 0.717) is 42.9 Å². The van der Waals surface area contributed by atoms with Gasteiger partial charge >= 0.3 is 0 Å². The minimum atomic E-state index is -0.292. The molecule has 1 aliphatic carbocycles. The number of benzene rings is 2. The van der Waals surface area contributed by atoms with Gasteiger partial charge < -0.3 is 9.80 Å². The Morgan fingerprint density at radius 3 is 1.88 bits per heavy atom. The minimum absolute atomic E-state index is 0.0620. The molecule has 2 fully saturated rings. The van der Waals surface area contributed by atoms with Crippen molar-refractivity contribution < 1.29 is 19.2 Å². The van der Waals surface area contributed by atoms with Crippen molar-refractivity contribution in [3.05, 3.63) is 70.8 Å². The number of hydrogen-bond acceptors (Lipinski definition) is 4. The number of nitrogens with zero attached hydrogens (tertiary/aromatic N) is 3. The van der Waals surface area contributed by atoms with Crippen molar-refractivity contribution in [1.82, 2.24) is 14.7 Å². The third-order valence-electron chi connectivity index (χ3n) is 6.75. The maximum absolute atomic E-state index is 12.9. The lowest BCUT2D eigenvalue weighted by molar-refractivity contribution is -0.139. The van der Waals surface area contributed by atoms with E-state index in [1.54, 1.807) is 53.4 Å². The highest BCUT2D eigenvalue weighted by molar-refractivity contribution is 6.21. The maximum atomic E-state index is 12.9. The van der Waals surface area contributed by atoms with Crippen molar-refractivity contribution in [2.45, 2.75) is 25.8 Å². The third kappa shape index (κ3) is 3.57. The number of imide groups is 1. The third-order valence-corrected chi connectivity index (χ3v) is 6.75. The first-order valence-corrected chi connectivity index (χ1v) is 11.1. The molecule has 2 aromatic carbocycles. The zero-order valence-corrected chi connectivity index (χ0v) is 17.8. The van der Waals surface area contributed by atoms with E-state index < -0.39 is 0 Å². The molecule has 2 heterocycles. The predicted molar refractivity (Wildman–Crippen MR) is 117 cm³/mol. The molecule has 164 valence electrons. The lowest BCUT2D eigenvalue weighted by Gasteiger charge is -2.38. The largest absolute Gasteiger partial charge is 0.339 e. The second-order valence-corrected chi connectivity index (χ2v) is 8.68. The van der Waals surface area contributed by atoms with Gasteiger partial charge in [0.15, 0.2) is 0 Å². The fourth-order valence-electron chi connectivity index (χ4n) is 4.54. The number of hydrogen-bond donors (Lipinski definition) is 0. The average Bonchev–Trinajstić information content (AvgIpc) is 3.03. The Labute approximate surface area is 186 Å². The predicted octanol–water partition coefficient (Wildman–Crippen LogP) is 2.57. The van der Waals surface area contributed by atoms with Crippen LogP contribution in [-0.4, -0.2) is 64.5 Å². The van der Waals surface area contributed by atoms with Gasteiger partial charge in [0.25, 0.3) is 17.7 Å². The molecule has 32 heavy (non-hydrogen) atoms. The van der Waals surface area contributed by atoms with E-state index >= 15 is 0 Å². The van der Waals surface area contributed by atoms with Gasteiger partial charge in [-0.2, -0.15) is 0 Å². The lowest BCUT2D eigenvalue weighted by atomic mass is 9.84. The summed E-state index contributed by atoms with van der Waals surface area (Å²) < 4.78 is 0. The summed E-state index contributed by atoms with van der Waals surface area (Å²) >= 11 is 0. The van der Waals surface area contributed by atoms with Crippen LogP contribution in [0.3, 0.4) is 0 Å². The number of fused-ring (bicyclic) bond motifs is 1. The SMILES string of the molecule is O=C(c1ccc(CN2C(=O)c3ccccc3C2=O)cc1)N1CCN(C(=O)C2CCC2)CC1. The Bertz CT molecular complexity index is 1050. The summed E-state index contributed by atoms with van der Waals surface area (Å²) in [5.74, 6) is -0.221. The molecule has 4 amide bonds. The molecule has 3 aliphatic rings. The van der Waals surface area contributed by atoms with Crippen LogP contribution in [-0.2, 0) is 11.3 Å². The molecule has 2 aliphatic heterocycles. The first-order chi connectivity index (χ1) is 15.5. The number of rotatable bonds is 4. The van der Waals surface area contributed by atoms with Gasteiger partial charge in [0.05, 0.1) is 17.7 Å². The summed E-state index contributed by atoms with van der Waals surface area (Å²) in [5, 5.41) is 0. The number of carbonyl (C=O) groups is 4. The summed E-state index contributed by atoms with van der Waals surface area (Å²) in [7, 11) is 0. The normalized spacial score (nSPS) is 18.6. The molecule has 0 unspecified atom stereocenters. The Morgan fingerprint density at radius 2 is 1.34 bits per heavy atom. The average molecular weight is 431 g/mol. The molecule has 0 bridgehead atoms. The standard InChI is InChI=1S/C25H25N3O4/c29-22(18-4-3-5-18)26-12-14-27(15-13-26)23(30)19-10-8-17(9-11-19)16-28-24(31)20-6-1-2-7-21(20)25(28)32/h1-2,6-11,18H,3-5,12-16H2. The Morgan fingerprint density at radius 1 is 0.781 bits per heavy atom. The van der Waals surface area contributed by atoms with Gasteiger partial charge in [0.2, 0.25) is 5.91 Å². The molecule has 5 rings (SSSR count). The molecule has 7 nitrogen and oxygen atoms in total. The topological polar surface area (TPSA) is 78.0 Å². The lowest BCUT2D eigenvalue weighted by Crippen LogP contribution is -2.52. The van der Waals surface area contributed by atoms with Gasteiger partial charge in [-0.3, -0.25) is 24.1 Å². The van der Waals surface area contributed by atoms with Crippen LogP contribution < -0.4 is 0 Å². The van der Waals surface area contributed by atoms with Crippen LogP contribution in [0.25, 0.3) is 0 Å². The minimum Gasteiger partial charge on any atom is -0.339 e. The fourth-order valence-corrected chi connectivity index (χ4v) is 4.54. The van der Waals surface area contributed by atoms with E-state index in [0.717, 1.165) is 24.8 Å². The van der Waals surface area contributed by atoms with Gasteiger partial charge in [0, 0.05) is 37.7 Å². The van der Waals surface area contributed by atoms with Crippen LogP contribution in [0.2, 0.25) is 0 Å². The van der Waals surface area contributed by atoms with Gasteiger partial charge in [-0.1, -0.05) is 30.7 Å². The molecular weight excluding hydrogens is 406 g/mol. The van der Waals surface area contributed by atoms with Gasteiger partial charge in [-0.05, 0) is 42.7 Å².